The van der Waals surface area contributed by atoms with Crippen LogP contribution in [0.4, 0.5) is 0 Å². The van der Waals surface area contributed by atoms with Crippen LogP contribution in [0, 0.1) is 5.41 Å². The van der Waals surface area contributed by atoms with Crippen LogP contribution in [0.5, 0.6) is 0 Å². The zero-order valence-corrected chi connectivity index (χ0v) is 13.7. The monoisotopic (exact) mass is 317 g/mol. The molecule has 0 spiro atoms. The standard InChI is InChI=1S/C17H19NO3S/c1-17(2,3)15(19)9-11-4-6-14-12(8-11)10-13(22-14)5-7-16(20)18-21/h4-8,10,21H,9H2,1-3H3,(H,18,20)/b7-5+. The summed E-state index contributed by atoms with van der Waals surface area (Å²) in [5, 5.41) is 9.51. The van der Waals surface area contributed by atoms with Gasteiger partial charge in [-0.05, 0) is 35.2 Å². The van der Waals surface area contributed by atoms with Crippen molar-refractivity contribution in [3.63, 3.8) is 0 Å². The number of carbonyl (C=O) groups is 2. The van der Waals surface area contributed by atoms with E-state index in [0.29, 0.717) is 6.42 Å². The molecule has 0 fully saturated rings. The van der Waals surface area contributed by atoms with Crippen molar-refractivity contribution in [2.24, 2.45) is 5.41 Å². The molecule has 0 atom stereocenters. The fraction of sp³-hybridized carbons (Fsp3) is 0.294. The highest BCUT2D eigenvalue weighted by atomic mass is 32.1. The van der Waals surface area contributed by atoms with Crippen LogP contribution in [-0.4, -0.2) is 16.9 Å². The SMILES string of the molecule is CC(C)(C)C(=O)Cc1ccc2sc(/C=C/C(=O)NO)cc2c1. The summed E-state index contributed by atoms with van der Waals surface area (Å²) in [7, 11) is 0. The van der Waals surface area contributed by atoms with E-state index in [-0.39, 0.29) is 11.2 Å². The van der Waals surface area contributed by atoms with Gasteiger partial charge in [0.1, 0.15) is 5.78 Å². The number of nitrogens with one attached hydrogen (secondary N) is 1. The van der Waals surface area contributed by atoms with E-state index >= 15 is 0 Å². The Kier molecular flexibility index (Phi) is 4.78. The minimum absolute atomic E-state index is 0.210. The first-order valence-electron chi connectivity index (χ1n) is 6.97. The molecule has 116 valence electrons. The Labute approximate surface area is 133 Å². The second-order valence-electron chi connectivity index (χ2n) is 6.18. The van der Waals surface area contributed by atoms with Gasteiger partial charge in [-0.15, -0.1) is 11.3 Å². The third-order valence-corrected chi connectivity index (χ3v) is 4.39. The number of thiophene rings is 1. The lowest BCUT2D eigenvalue weighted by atomic mass is 9.87. The maximum absolute atomic E-state index is 12.1. The first kappa shape index (κ1) is 16.4. The summed E-state index contributed by atoms with van der Waals surface area (Å²) in [6.07, 6.45) is 3.35. The first-order valence-corrected chi connectivity index (χ1v) is 7.79. The number of hydrogen-bond donors (Lipinski definition) is 2. The second-order valence-corrected chi connectivity index (χ2v) is 7.30. The minimum Gasteiger partial charge on any atom is -0.299 e. The van der Waals surface area contributed by atoms with Crippen LogP contribution < -0.4 is 5.48 Å². The van der Waals surface area contributed by atoms with Gasteiger partial charge in [0.15, 0.2) is 0 Å². The third kappa shape index (κ3) is 4.02. The maximum atomic E-state index is 12.1. The normalized spacial score (nSPS) is 12.0. The molecule has 0 aliphatic carbocycles. The fourth-order valence-electron chi connectivity index (χ4n) is 1.95. The smallest absolute Gasteiger partial charge is 0.267 e. The topological polar surface area (TPSA) is 66.4 Å². The highest BCUT2D eigenvalue weighted by Crippen LogP contribution is 2.28. The summed E-state index contributed by atoms with van der Waals surface area (Å²) < 4.78 is 1.09. The zero-order chi connectivity index (χ0) is 16.3. The number of hydroxylamine groups is 1. The fourth-order valence-corrected chi connectivity index (χ4v) is 2.90. The van der Waals surface area contributed by atoms with Gasteiger partial charge in [-0.25, -0.2) is 5.48 Å². The van der Waals surface area contributed by atoms with Gasteiger partial charge >= 0.3 is 0 Å². The Balaban J connectivity index is 2.22. The summed E-state index contributed by atoms with van der Waals surface area (Å²) in [5.74, 6) is -0.351. The quantitative estimate of drug-likeness (QED) is 0.514. The number of ketones is 1. The van der Waals surface area contributed by atoms with Gasteiger partial charge in [-0.2, -0.15) is 0 Å². The number of benzene rings is 1. The summed E-state index contributed by atoms with van der Waals surface area (Å²) in [6.45, 7) is 5.77. The Morgan fingerprint density at radius 2 is 2.00 bits per heavy atom. The number of rotatable bonds is 4. The lowest BCUT2D eigenvalue weighted by Gasteiger charge is -2.16. The van der Waals surface area contributed by atoms with Gasteiger partial charge in [-0.3, -0.25) is 14.8 Å². The number of amides is 1. The van der Waals surface area contributed by atoms with Gasteiger partial charge in [0, 0.05) is 27.5 Å². The average molecular weight is 317 g/mol. The molecule has 1 heterocycles. The van der Waals surface area contributed by atoms with E-state index < -0.39 is 5.91 Å². The van der Waals surface area contributed by atoms with Crippen LogP contribution in [0.3, 0.4) is 0 Å². The molecule has 0 radical (unpaired) electrons. The highest BCUT2D eigenvalue weighted by molar-refractivity contribution is 7.19. The van der Waals surface area contributed by atoms with Crippen molar-refractivity contribution in [2.45, 2.75) is 27.2 Å². The summed E-state index contributed by atoms with van der Waals surface area (Å²) in [4.78, 5) is 24.0. The van der Waals surface area contributed by atoms with Crippen molar-refractivity contribution in [1.82, 2.24) is 5.48 Å². The Morgan fingerprint density at radius 1 is 1.27 bits per heavy atom. The van der Waals surface area contributed by atoms with Gasteiger partial charge in [0.05, 0.1) is 0 Å². The Bertz CT molecular complexity index is 738. The van der Waals surface area contributed by atoms with Crippen LogP contribution in [0.1, 0.15) is 31.2 Å². The number of carbonyl (C=O) groups excluding carboxylic acids is 2. The van der Waals surface area contributed by atoms with Gasteiger partial charge in [0.2, 0.25) is 0 Å². The molecule has 0 unspecified atom stereocenters. The van der Waals surface area contributed by atoms with E-state index in [9.17, 15) is 9.59 Å². The van der Waals surface area contributed by atoms with Crippen molar-refractivity contribution in [3.05, 3.63) is 40.8 Å². The molecule has 1 amide bonds. The molecule has 0 bridgehead atoms. The molecule has 2 aromatic rings. The molecular formula is C17H19NO3S. The predicted molar refractivity (Wildman–Crippen MR) is 89.0 cm³/mol. The first-order chi connectivity index (χ1) is 10.3. The van der Waals surface area contributed by atoms with Crippen molar-refractivity contribution in [2.75, 3.05) is 0 Å². The van der Waals surface area contributed by atoms with Crippen LogP contribution in [0.2, 0.25) is 0 Å². The summed E-state index contributed by atoms with van der Waals surface area (Å²) >= 11 is 1.55. The largest absolute Gasteiger partial charge is 0.299 e. The maximum Gasteiger partial charge on any atom is 0.267 e. The van der Waals surface area contributed by atoms with E-state index in [1.165, 1.54) is 6.08 Å². The highest BCUT2D eigenvalue weighted by Gasteiger charge is 2.21. The molecule has 0 saturated carbocycles. The summed E-state index contributed by atoms with van der Waals surface area (Å²) in [5.41, 5.74) is 2.21. The van der Waals surface area contributed by atoms with E-state index in [2.05, 4.69) is 0 Å². The Hall–Kier alpha value is -1.98. The van der Waals surface area contributed by atoms with Crippen LogP contribution >= 0.6 is 11.3 Å². The molecular weight excluding hydrogens is 298 g/mol. The molecule has 0 saturated heterocycles. The van der Waals surface area contributed by atoms with Crippen molar-refractivity contribution < 1.29 is 14.8 Å². The van der Waals surface area contributed by atoms with E-state index in [1.807, 2.05) is 45.0 Å². The van der Waals surface area contributed by atoms with Gasteiger partial charge in [0.25, 0.3) is 5.91 Å². The lowest BCUT2D eigenvalue weighted by molar-refractivity contribution is -0.125. The van der Waals surface area contributed by atoms with Gasteiger partial charge in [-0.1, -0.05) is 26.8 Å². The molecule has 2 rings (SSSR count). The third-order valence-electron chi connectivity index (χ3n) is 3.31. The van der Waals surface area contributed by atoms with Gasteiger partial charge < -0.3 is 0 Å². The zero-order valence-electron chi connectivity index (χ0n) is 12.8. The molecule has 2 N–H and O–H groups in total. The van der Waals surface area contributed by atoms with E-state index in [1.54, 1.807) is 22.9 Å². The predicted octanol–water partition coefficient (Wildman–Crippen LogP) is 3.58. The second kappa shape index (κ2) is 6.42. The molecule has 0 aliphatic heterocycles. The number of hydrogen-bond acceptors (Lipinski definition) is 4. The molecule has 1 aromatic heterocycles. The Morgan fingerprint density at radius 3 is 2.64 bits per heavy atom. The van der Waals surface area contributed by atoms with Crippen LogP contribution in [0.25, 0.3) is 16.2 Å². The molecule has 0 aliphatic rings. The lowest BCUT2D eigenvalue weighted by Crippen LogP contribution is -2.21. The van der Waals surface area contributed by atoms with Crippen molar-refractivity contribution >= 4 is 39.2 Å². The molecule has 4 nitrogen and oxygen atoms in total. The van der Waals surface area contributed by atoms with Crippen LogP contribution in [-0.2, 0) is 16.0 Å². The molecule has 5 heteroatoms. The summed E-state index contributed by atoms with van der Waals surface area (Å²) in [6, 6.07) is 7.94. The van der Waals surface area contributed by atoms with Crippen molar-refractivity contribution in [3.8, 4) is 0 Å². The molecule has 1 aromatic carbocycles. The number of fused-ring (bicyclic) bond motifs is 1. The molecule has 22 heavy (non-hydrogen) atoms. The average Bonchev–Trinajstić information content (AvgIpc) is 2.85. The van der Waals surface area contributed by atoms with E-state index in [4.69, 9.17) is 5.21 Å². The van der Waals surface area contributed by atoms with Crippen LogP contribution in [0.15, 0.2) is 30.3 Å². The minimum atomic E-state index is -0.561. The van der Waals surface area contributed by atoms with Crippen molar-refractivity contribution in [1.29, 1.82) is 0 Å². The van der Waals surface area contributed by atoms with E-state index in [0.717, 1.165) is 20.5 Å². The number of Topliss-reactive ketones (excluding diaryl/α,β-unsaturated/α-hetero) is 1.